The molecule has 20 aromatic carbocycles. The molecule has 0 saturated heterocycles. The maximum atomic E-state index is 2.70. The molecule has 0 unspecified atom stereocenters. The molecule has 0 aliphatic carbocycles. The second kappa shape index (κ2) is 26.9. The van der Waals surface area contributed by atoms with E-state index < -0.39 is 0 Å². The van der Waals surface area contributed by atoms with Gasteiger partial charge < -0.3 is 19.3 Å². The number of hydrogen-bond donors (Lipinski definition) is 0. The lowest BCUT2D eigenvalue weighted by Crippen LogP contribution is -2.61. The first-order chi connectivity index (χ1) is 57.1. The number of hydrogen-bond acceptors (Lipinski definition) is 3. The van der Waals surface area contributed by atoms with Crippen LogP contribution in [0.15, 0.2) is 431 Å². The van der Waals surface area contributed by atoms with Crippen LogP contribution in [0.3, 0.4) is 0 Å². The van der Waals surface area contributed by atoms with Crippen LogP contribution in [0.1, 0.15) is 0 Å². The van der Waals surface area contributed by atoms with Crippen LogP contribution in [0.4, 0.5) is 51.2 Å². The summed E-state index contributed by atoms with van der Waals surface area (Å²) < 4.78 is 2.50. The molecule has 3 heterocycles. The molecular formula is C110H71BN4. The van der Waals surface area contributed by atoms with Crippen molar-refractivity contribution in [2.24, 2.45) is 0 Å². The van der Waals surface area contributed by atoms with Crippen LogP contribution in [-0.4, -0.2) is 11.3 Å². The van der Waals surface area contributed by atoms with Crippen LogP contribution in [0.25, 0.3) is 148 Å². The van der Waals surface area contributed by atoms with Crippen LogP contribution in [0, 0.1) is 0 Å². The minimum atomic E-state index is -0.317. The summed E-state index contributed by atoms with van der Waals surface area (Å²) in [7, 11) is 0. The van der Waals surface area contributed by atoms with E-state index >= 15 is 0 Å². The molecule has 0 fully saturated rings. The summed E-state index contributed by atoms with van der Waals surface area (Å²) >= 11 is 0. The van der Waals surface area contributed by atoms with E-state index in [9.17, 15) is 0 Å². The Morgan fingerprint density at radius 2 is 0.565 bits per heavy atom. The molecule has 0 atom stereocenters. The van der Waals surface area contributed by atoms with Crippen molar-refractivity contribution in [2.45, 2.75) is 0 Å². The van der Waals surface area contributed by atoms with E-state index in [0.717, 1.165) is 140 Å². The van der Waals surface area contributed by atoms with Crippen molar-refractivity contribution in [3.63, 3.8) is 0 Å². The number of rotatable bonds is 13. The lowest BCUT2D eigenvalue weighted by molar-refractivity contribution is 1.17. The summed E-state index contributed by atoms with van der Waals surface area (Å²) in [6.45, 7) is -0.317. The van der Waals surface area contributed by atoms with E-state index in [1.165, 1.54) is 75.8 Å². The quantitative estimate of drug-likeness (QED) is 0.0650. The average Bonchev–Trinajstić information content (AvgIpc) is 0.937. The minimum Gasteiger partial charge on any atom is -0.310 e. The number of anilines is 9. The highest BCUT2D eigenvalue weighted by atomic mass is 15.2. The molecule has 21 aromatic rings. The van der Waals surface area contributed by atoms with Crippen molar-refractivity contribution in [3.05, 3.63) is 431 Å². The predicted molar refractivity (Wildman–Crippen MR) is 489 cm³/mol. The molecular weight excluding hydrogens is 1390 g/mol. The fraction of sp³-hybridized carbons (Fsp3) is 0. The monoisotopic (exact) mass is 1460 g/mol. The van der Waals surface area contributed by atoms with Crippen molar-refractivity contribution in [1.82, 2.24) is 4.57 Å². The molecule has 0 N–H and O–H groups in total. The minimum absolute atomic E-state index is 0.317. The Balaban J connectivity index is 0.886. The van der Waals surface area contributed by atoms with Crippen molar-refractivity contribution >= 4 is 139 Å². The van der Waals surface area contributed by atoms with Crippen molar-refractivity contribution in [1.29, 1.82) is 0 Å². The van der Waals surface area contributed by atoms with E-state index in [1.807, 2.05) is 0 Å². The summed E-state index contributed by atoms with van der Waals surface area (Å²) in [5.74, 6) is 0. The Morgan fingerprint density at radius 3 is 1.03 bits per heavy atom. The normalized spacial score (nSPS) is 12.3. The molecule has 4 nitrogen and oxygen atoms in total. The van der Waals surface area contributed by atoms with E-state index in [0.29, 0.717) is 0 Å². The van der Waals surface area contributed by atoms with Gasteiger partial charge in [0.15, 0.2) is 0 Å². The van der Waals surface area contributed by atoms with Gasteiger partial charge in [0.25, 0.3) is 6.71 Å². The molecule has 0 radical (unpaired) electrons. The second-order valence-electron chi connectivity index (χ2n) is 30.5. The van der Waals surface area contributed by atoms with E-state index in [2.05, 4.69) is 450 Å². The first-order valence-corrected chi connectivity index (χ1v) is 39.8. The summed E-state index contributed by atoms with van der Waals surface area (Å²) in [6, 6.07) is 161. The Kier molecular flexibility index (Phi) is 15.4. The van der Waals surface area contributed by atoms with Crippen LogP contribution >= 0.6 is 0 Å². The van der Waals surface area contributed by atoms with Gasteiger partial charge in [-0.05, 0) is 182 Å². The van der Waals surface area contributed by atoms with Gasteiger partial charge in [-0.25, -0.2) is 0 Å². The lowest BCUT2D eigenvalue weighted by Gasteiger charge is -2.46. The fourth-order valence-corrected chi connectivity index (χ4v) is 19.3. The topological polar surface area (TPSA) is 14.7 Å². The third kappa shape index (κ3) is 10.6. The molecule has 2 aliphatic rings. The summed E-state index contributed by atoms with van der Waals surface area (Å²) in [6.07, 6.45) is 0. The Hall–Kier alpha value is -15.0. The van der Waals surface area contributed by atoms with Crippen molar-refractivity contribution in [3.8, 4) is 83.6 Å². The average molecular weight is 1460 g/mol. The zero-order chi connectivity index (χ0) is 75.6. The molecule has 23 rings (SSSR count). The number of benzene rings is 20. The summed E-state index contributed by atoms with van der Waals surface area (Å²) in [5, 5.41) is 12.6. The number of para-hydroxylation sites is 4. The lowest BCUT2D eigenvalue weighted by atomic mass is 9.33. The highest BCUT2D eigenvalue weighted by Crippen LogP contribution is 2.56. The Morgan fingerprint density at radius 1 is 0.209 bits per heavy atom. The van der Waals surface area contributed by atoms with Crippen molar-refractivity contribution < 1.29 is 0 Å². The van der Waals surface area contributed by atoms with E-state index in [-0.39, 0.29) is 6.71 Å². The van der Waals surface area contributed by atoms with Gasteiger partial charge in [-0.2, -0.15) is 0 Å². The van der Waals surface area contributed by atoms with Crippen LogP contribution in [0.5, 0.6) is 0 Å². The Bertz CT molecular complexity index is 7070. The van der Waals surface area contributed by atoms with Crippen LogP contribution in [-0.2, 0) is 0 Å². The number of fused-ring (bicyclic) bond motifs is 9. The van der Waals surface area contributed by atoms with Gasteiger partial charge in [-0.1, -0.05) is 364 Å². The third-order valence-electron chi connectivity index (χ3n) is 24.3. The van der Waals surface area contributed by atoms with Crippen LogP contribution < -0.4 is 31.1 Å². The molecule has 0 saturated carbocycles. The second-order valence-corrected chi connectivity index (χ2v) is 30.5. The highest BCUT2D eigenvalue weighted by molar-refractivity contribution is 7.00. The zero-order valence-corrected chi connectivity index (χ0v) is 62.9. The zero-order valence-electron chi connectivity index (χ0n) is 62.9. The standard InChI is InChI=1S/C110H71BN4/c1-7-28-72(29-8-1)74-54-59-82(60-55-74)112(83-61-56-75(57-62-83)73-30-9-2-10-31-73)85-70-104-108-105(71-85)115(110-89(78-36-15-5-16-37-78)46-26-47-90(110)79-38-17-6-18-39-79)103-69-84(113-100-52-21-19-42-91(100)92-43-20-22-53-101(92)113)63-67-99(103)111(108)98-66-58-81(86-64-65-97-95-49-24-41-80-40-23-48-94(106(80)95)96-51-27-50-93(86)107(96)97)68-102(98)114(104)109-87(76-32-11-3-12-33-76)44-25-45-88(109)77-34-13-4-14-35-77/h1-71H. The molecule has 0 bridgehead atoms. The summed E-state index contributed by atoms with van der Waals surface area (Å²) in [5.41, 5.74) is 32.3. The Labute approximate surface area is 668 Å². The van der Waals surface area contributed by atoms with Gasteiger partial charge in [0.1, 0.15) is 0 Å². The molecule has 2 aliphatic heterocycles. The van der Waals surface area contributed by atoms with Crippen LogP contribution in [0.2, 0.25) is 0 Å². The largest absolute Gasteiger partial charge is 0.310 e. The van der Waals surface area contributed by atoms with Gasteiger partial charge in [-0.15, -0.1) is 0 Å². The molecule has 1 aromatic heterocycles. The van der Waals surface area contributed by atoms with Gasteiger partial charge in [0.2, 0.25) is 0 Å². The third-order valence-corrected chi connectivity index (χ3v) is 24.3. The molecule has 534 valence electrons. The summed E-state index contributed by atoms with van der Waals surface area (Å²) in [4.78, 5) is 7.91. The maximum Gasteiger partial charge on any atom is 0.252 e. The van der Waals surface area contributed by atoms with Gasteiger partial charge >= 0.3 is 0 Å². The molecule has 5 heteroatoms. The maximum absolute atomic E-state index is 2.70. The smallest absolute Gasteiger partial charge is 0.252 e. The predicted octanol–water partition coefficient (Wildman–Crippen LogP) is 28.1. The molecule has 0 amide bonds. The van der Waals surface area contributed by atoms with Gasteiger partial charge in [0, 0.05) is 72.8 Å². The fourth-order valence-electron chi connectivity index (χ4n) is 19.3. The molecule has 0 spiro atoms. The number of nitrogens with zero attached hydrogens (tertiary/aromatic N) is 4. The van der Waals surface area contributed by atoms with Gasteiger partial charge in [0.05, 0.1) is 28.1 Å². The molecule has 115 heavy (non-hydrogen) atoms. The van der Waals surface area contributed by atoms with Gasteiger partial charge in [-0.3, -0.25) is 0 Å². The SMILES string of the molecule is c1ccc(-c2ccc(N(c3ccc(-c4ccccc4)cc3)c3cc4c5c(c3)N(c3c(-c6ccccc6)cccc3-c3ccccc3)c3cc(-n6c7ccccc7c7ccccc76)ccc3B5c3ccc(-c5ccc6c7cccc8cccc(c9cccc5c96)c87)cc3N4c3c(-c4ccccc4)cccc3-c3ccccc3)cc2)cc1. The first-order valence-electron chi connectivity index (χ1n) is 39.8. The first kappa shape index (κ1) is 65.8. The number of aromatic nitrogens is 1. The van der Waals surface area contributed by atoms with E-state index in [1.54, 1.807) is 0 Å². The highest BCUT2D eigenvalue weighted by Gasteiger charge is 2.46. The van der Waals surface area contributed by atoms with Crippen molar-refractivity contribution in [2.75, 3.05) is 14.7 Å². The van der Waals surface area contributed by atoms with E-state index in [4.69, 9.17) is 0 Å².